The van der Waals surface area contributed by atoms with E-state index in [0.29, 0.717) is 5.92 Å². The van der Waals surface area contributed by atoms with Gasteiger partial charge in [0, 0.05) is 0 Å². The average Bonchev–Trinajstić information content (AvgIpc) is 3.12. The number of fused-ring (bicyclic) bond motifs is 1. The minimum atomic E-state index is 0. The fourth-order valence-electron chi connectivity index (χ4n) is 3.84. The molecule has 176 valence electrons. The molecule has 0 N–H and O–H groups in total. The van der Waals surface area contributed by atoms with Crippen LogP contribution in [0.15, 0.2) is 65.3 Å². The van der Waals surface area contributed by atoms with Crippen molar-refractivity contribution in [3.63, 3.8) is 0 Å². The molecule has 0 heterocycles. The number of hydrogen-bond donors (Lipinski definition) is 0. The molecule has 1 aliphatic carbocycles. The molecule has 33 heavy (non-hydrogen) atoms. The first-order valence-corrected chi connectivity index (χ1v) is 17.2. The topological polar surface area (TPSA) is 0 Å². The summed E-state index contributed by atoms with van der Waals surface area (Å²) in [7, 11) is 0. The van der Waals surface area contributed by atoms with Gasteiger partial charge in [0.2, 0.25) is 0 Å². The SMILES string of the molecule is CC1=[C-]C(C)C(C)=C1C.C[Si](C)=[Zr+2].Cc1cc2[cH-]c(C)c(-c3ccccc3)c2cc1C.Cl.Cl. The molecule has 1 aliphatic rings. The van der Waals surface area contributed by atoms with Crippen molar-refractivity contribution < 1.29 is 23.3 Å². The van der Waals surface area contributed by atoms with Crippen molar-refractivity contribution in [1.82, 2.24) is 0 Å². The molecule has 0 spiro atoms. The molecule has 4 heteroatoms. The Kier molecular flexibility index (Phi) is 14.2. The van der Waals surface area contributed by atoms with Gasteiger partial charge in [0.15, 0.2) is 0 Å². The van der Waals surface area contributed by atoms with Crippen molar-refractivity contribution in [3.8, 4) is 11.1 Å². The quantitative estimate of drug-likeness (QED) is 0.200. The molecule has 0 amide bonds. The zero-order valence-electron chi connectivity index (χ0n) is 21.5. The van der Waals surface area contributed by atoms with Crippen molar-refractivity contribution in [2.45, 2.75) is 61.6 Å². The van der Waals surface area contributed by atoms with Crippen LogP contribution in [0.2, 0.25) is 13.1 Å². The molecule has 0 aliphatic heterocycles. The minimum Gasteiger partial charge on any atom is -0.149 e. The molecule has 0 bridgehead atoms. The zero-order valence-corrected chi connectivity index (χ0v) is 26.6. The van der Waals surface area contributed by atoms with Crippen LogP contribution in [0.3, 0.4) is 0 Å². The molecule has 0 aromatic heterocycles. The van der Waals surface area contributed by atoms with Crippen LogP contribution in [0.4, 0.5) is 0 Å². The number of rotatable bonds is 1. The molecule has 1 atom stereocenters. The first-order chi connectivity index (χ1) is 14.5. The van der Waals surface area contributed by atoms with Gasteiger partial charge in [-0.05, 0) is 13.8 Å². The van der Waals surface area contributed by atoms with Crippen LogP contribution in [0.5, 0.6) is 0 Å². The zero-order chi connectivity index (χ0) is 23.3. The Morgan fingerprint density at radius 3 is 1.82 bits per heavy atom. The Balaban J connectivity index is 0.000000580. The summed E-state index contributed by atoms with van der Waals surface area (Å²) in [5, 5.41) is 2.73. The maximum Gasteiger partial charge on any atom is -0.0411 e. The van der Waals surface area contributed by atoms with Crippen LogP contribution in [-0.2, 0) is 23.3 Å². The minimum absolute atomic E-state index is 0. The fourth-order valence-corrected chi connectivity index (χ4v) is 3.84. The largest absolute Gasteiger partial charge is 0.149 e. The fraction of sp³-hybridized carbons (Fsp3) is 0.345. The molecular weight excluding hydrogens is 539 g/mol. The second-order valence-electron chi connectivity index (χ2n) is 8.89. The number of allylic oxidation sites excluding steroid dienone is 4. The van der Waals surface area contributed by atoms with Gasteiger partial charge in [-0.25, -0.2) is 5.57 Å². The second kappa shape index (κ2) is 14.6. The van der Waals surface area contributed by atoms with Gasteiger partial charge in [0.1, 0.15) is 0 Å². The molecule has 0 saturated heterocycles. The summed E-state index contributed by atoms with van der Waals surface area (Å²) >= 11 is 1.74. The number of benzene rings is 2. The monoisotopic (exact) mass is 574 g/mol. The second-order valence-corrected chi connectivity index (χ2v) is 18.3. The molecule has 0 saturated carbocycles. The molecule has 0 radical (unpaired) electrons. The van der Waals surface area contributed by atoms with Crippen LogP contribution in [0.1, 0.15) is 44.4 Å². The molecular formula is C29H38Cl2SiZr. The van der Waals surface area contributed by atoms with Gasteiger partial charge >= 0.3 is 41.9 Å². The van der Waals surface area contributed by atoms with Crippen molar-refractivity contribution in [1.29, 1.82) is 0 Å². The Labute approximate surface area is 229 Å². The normalized spacial score (nSPS) is 14.3. The van der Waals surface area contributed by atoms with Crippen LogP contribution < -0.4 is 0 Å². The number of aryl methyl sites for hydroxylation is 3. The molecule has 1 unspecified atom stereocenters. The first kappa shape index (κ1) is 32.2. The summed E-state index contributed by atoms with van der Waals surface area (Å²) in [5.74, 6) is 0.560. The number of hydrogen-bond acceptors (Lipinski definition) is 0. The molecule has 4 rings (SSSR count). The van der Waals surface area contributed by atoms with E-state index < -0.39 is 0 Å². The first-order valence-electron chi connectivity index (χ1n) is 11.0. The van der Waals surface area contributed by atoms with E-state index in [1.165, 1.54) is 55.3 Å². The summed E-state index contributed by atoms with van der Waals surface area (Å²) in [6, 6.07) is 17.6. The van der Waals surface area contributed by atoms with Crippen LogP contribution in [0.25, 0.3) is 21.9 Å². The van der Waals surface area contributed by atoms with Gasteiger partial charge < -0.3 is 0 Å². The smallest absolute Gasteiger partial charge is 0.0411 e. The van der Waals surface area contributed by atoms with E-state index in [0.717, 1.165) is 0 Å². The Hall–Kier alpha value is -0.790. The van der Waals surface area contributed by atoms with E-state index >= 15 is 0 Å². The van der Waals surface area contributed by atoms with Crippen molar-refractivity contribution in [2.75, 3.05) is 0 Å². The Morgan fingerprint density at radius 1 is 0.879 bits per heavy atom. The Bertz CT molecular complexity index is 1130. The van der Waals surface area contributed by atoms with Crippen LogP contribution in [0, 0.1) is 32.8 Å². The van der Waals surface area contributed by atoms with Gasteiger partial charge in [-0.15, -0.1) is 71.8 Å². The van der Waals surface area contributed by atoms with Crippen molar-refractivity contribution in [3.05, 3.63) is 88.0 Å². The Morgan fingerprint density at radius 2 is 1.39 bits per heavy atom. The molecule has 0 fully saturated rings. The molecule has 3 aromatic rings. The predicted octanol–water partition coefficient (Wildman–Crippen LogP) is 9.50. The maximum absolute atomic E-state index is 3.36. The van der Waals surface area contributed by atoms with E-state index in [1.807, 2.05) is 0 Å². The summed E-state index contributed by atoms with van der Waals surface area (Å²) in [6.07, 6.45) is 3.36. The number of halogens is 2. The third-order valence-electron chi connectivity index (χ3n) is 6.00. The average molecular weight is 577 g/mol. The van der Waals surface area contributed by atoms with Crippen LogP contribution in [-0.4, -0.2) is 5.43 Å². The van der Waals surface area contributed by atoms with Gasteiger partial charge in [-0.3, -0.25) is 6.08 Å². The third kappa shape index (κ3) is 8.74. The van der Waals surface area contributed by atoms with E-state index in [1.54, 1.807) is 23.3 Å². The van der Waals surface area contributed by atoms with E-state index in [2.05, 4.69) is 116 Å². The van der Waals surface area contributed by atoms with Gasteiger partial charge in [0.25, 0.3) is 0 Å². The summed E-state index contributed by atoms with van der Waals surface area (Å²) in [4.78, 5) is 0. The van der Waals surface area contributed by atoms with Crippen LogP contribution >= 0.6 is 24.8 Å². The molecule has 3 aromatic carbocycles. The van der Waals surface area contributed by atoms with Crippen molar-refractivity contribution >= 4 is 41.0 Å². The molecule has 0 nitrogen and oxygen atoms in total. The summed E-state index contributed by atoms with van der Waals surface area (Å²) in [5.41, 5.74) is 11.2. The van der Waals surface area contributed by atoms with E-state index in [-0.39, 0.29) is 30.2 Å². The van der Waals surface area contributed by atoms with E-state index in [9.17, 15) is 0 Å². The standard InChI is InChI=1S/C18H17.C9H13.C2H6Si.2ClH.Zr/c1-12-9-16-10-14(3)18(17(16)11-13(12)2)15-7-5-4-6-8-15;1-6-5-7(2)9(4)8(6)3;1-3-2;;;/h4-11H,1-3H3;6H,1-4H3;1-2H3;2*1H;/q2*-1;;;;+2. The van der Waals surface area contributed by atoms with E-state index in [4.69, 9.17) is 0 Å². The third-order valence-corrected chi connectivity index (χ3v) is 6.00. The van der Waals surface area contributed by atoms with Gasteiger partial charge in [0.05, 0.1) is 0 Å². The predicted molar refractivity (Wildman–Crippen MR) is 151 cm³/mol. The van der Waals surface area contributed by atoms with Crippen molar-refractivity contribution in [2.24, 2.45) is 5.92 Å². The van der Waals surface area contributed by atoms with Gasteiger partial charge in [-0.2, -0.15) is 11.1 Å². The van der Waals surface area contributed by atoms with Gasteiger partial charge in [-0.1, -0.05) is 80.6 Å². The maximum atomic E-state index is 3.36. The summed E-state index contributed by atoms with van der Waals surface area (Å²) < 4.78 is 0. The summed E-state index contributed by atoms with van der Waals surface area (Å²) in [6.45, 7) is 19.9.